The molecule has 2 aromatic rings. The summed E-state index contributed by atoms with van der Waals surface area (Å²) in [4.78, 5) is 0. The molecule has 2 rings (SSSR count). The number of aromatic hydroxyl groups is 1. The topological polar surface area (TPSA) is 20.2 Å². The molecule has 0 saturated heterocycles. The van der Waals surface area contributed by atoms with Crippen molar-refractivity contribution in [2.75, 3.05) is 0 Å². The van der Waals surface area contributed by atoms with E-state index in [4.69, 9.17) is 0 Å². The largest absolute Gasteiger partial charge is 0.507 e. The van der Waals surface area contributed by atoms with Crippen molar-refractivity contribution in [3.05, 3.63) is 48.5 Å². The van der Waals surface area contributed by atoms with E-state index in [0.29, 0.717) is 5.75 Å². The third-order valence-corrected chi connectivity index (χ3v) is 2.10. The molecule has 0 amide bonds. The Morgan fingerprint density at radius 3 is 2.57 bits per heavy atom. The molecule has 2 heteroatoms. The minimum atomic E-state index is 0. The van der Waals surface area contributed by atoms with E-state index in [-0.39, 0.29) is 32.7 Å². The van der Waals surface area contributed by atoms with Gasteiger partial charge in [-0.1, -0.05) is 36.9 Å². The van der Waals surface area contributed by atoms with Crippen LogP contribution in [0.3, 0.4) is 0 Å². The molecule has 0 saturated carbocycles. The number of fused-ring (bicyclic) bond motifs is 1. The Hall–Kier alpha value is -0.656. The monoisotopic (exact) mass is 259 g/mol. The van der Waals surface area contributed by atoms with Gasteiger partial charge in [0.05, 0.1) is 0 Å². The quantitative estimate of drug-likeness (QED) is 0.833. The number of phenols is 1. The first-order valence-electron chi connectivity index (χ1n) is 4.15. The van der Waals surface area contributed by atoms with Gasteiger partial charge >= 0.3 is 0 Å². The molecule has 14 heavy (non-hydrogen) atoms. The Kier molecular flexibility index (Phi) is 3.85. The molecule has 0 bridgehead atoms. The van der Waals surface area contributed by atoms with Gasteiger partial charge in [-0.2, -0.15) is 0 Å². The van der Waals surface area contributed by atoms with Crippen molar-refractivity contribution in [1.82, 2.24) is 0 Å². The Bertz CT molecular complexity index is 463. The second-order valence-corrected chi connectivity index (χ2v) is 2.97. The van der Waals surface area contributed by atoms with Crippen molar-refractivity contribution < 1.29 is 37.8 Å². The molecule has 0 aromatic heterocycles. The van der Waals surface area contributed by atoms with Crippen LogP contribution in [0.2, 0.25) is 0 Å². The molecule has 1 N–H and O–H groups in total. The van der Waals surface area contributed by atoms with Gasteiger partial charge in [-0.25, -0.2) is 0 Å². The van der Waals surface area contributed by atoms with Crippen LogP contribution in [-0.2, 0) is 32.7 Å². The van der Waals surface area contributed by atoms with Crippen LogP contribution in [0.4, 0.5) is 0 Å². The van der Waals surface area contributed by atoms with Crippen LogP contribution >= 0.6 is 0 Å². The van der Waals surface area contributed by atoms with Crippen LogP contribution in [0.25, 0.3) is 16.8 Å². The van der Waals surface area contributed by atoms with Gasteiger partial charge in [0.1, 0.15) is 5.75 Å². The zero-order valence-electron chi connectivity index (χ0n) is 7.77. The van der Waals surface area contributed by atoms with E-state index in [1.807, 2.05) is 30.3 Å². The van der Waals surface area contributed by atoms with Crippen LogP contribution in [-0.4, -0.2) is 5.11 Å². The van der Waals surface area contributed by atoms with Gasteiger partial charge < -0.3 is 5.11 Å². The van der Waals surface area contributed by atoms with Crippen molar-refractivity contribution >= 4 is 16.8 Å². The van der Waals surface area contributed by atoms with Gasteiger partial charge in [-0.05, 0) is 23.1 Å². The summed E-state index contributed by atoms with van der Waals surface area (Å²) < 4.78 is 0. The summed E-state index contributed by atoms with van der Waals surface area (Å²) in [6, 6.07) is 11.5. The van der Waals surface area contributed by atoms with Gasteiger partial charge in [-0.15, -0.1) is 0 Å². The van der Waals surface area contributed by atoms with Crippen LogP contribution < -0.4 is 0 Å². The number of hydrogen-bond acceptors (Lipinski definition) is 1. The maximum absolute atomic E-state index is 9.64. The van der Waals surface area contributed by atoms with Crippen LogP contribution in [0, 0.1) is 0 Å². The van der Waals surface area contributed by atoms with Gasteiger partial charge in [0.15, 0.2) is 0 Å². The molecular formula is C12H10OY. The van der Waals surface area contributed by atoms with Gasteiger partial charge in [0.2, 0.25) is 0 Å². The molecule has 67 valence electrons. The van der Waals surface area contributed by atoms with E-state index < -0.39 is 0 Å². The summed E-state index contributed by atoms with van der Waals surface area (Å²) in [6.07, 6.45) is 1.73. The average molecular weight is 259 g/mol. The van der Waals surface area contributed by atoms with Crippen LogP contribution in [0.15, 0.2) is 43.0 Å². The average Bonchev–Trinajstić information content (AvgIpc) is 2.18. The Balaban J connectivity index is 0.000000980. The molecule has 1 radical (unpaired) electrons. The smallest absolute Gasteiger partial charge is 0.123 e. The number of rotatable bonds is 1. The summed E-state index contributed by atoms with van der Waals surface area (Å²) in [5.41, 5.74) is 0.941. The molecular weight excluding hydrogens is 249 g/mol. The van der Waals surface area contributed by atoms with Crippen molar-refractivity contribution in [2.24, 2.45) is 0 Å². The molecule has 0 spiro atoms. The van der Waals surface area contributed by atoms with Crippen molar-refractivity contribution in [2.45, 2.75) is 0 Å². The maximum Gasteiger partial charge on any atom is 0.123 e. The predicted octanol–water partition coefficient (Wildman–Crippen LogP) is 3.19. The first-order valence-corrected chi connectivity index (χ1v) is 4.15. The molecule has 0 unspecified atom stereocenters. The SMILES string of the molecule is C=Cc1cc(O)c2ccccc2c1.[Y]. The summed E-state index contributed by atoms with van der Waals surface area (Å²) in [5, 5.41) is 11.6. The zero-order valence-corrected chi connectivity index (χ0v) is 10.6. The molecule has 0 aliphatic carbocycles. The second kappa shape index (κ2) is 4.72. The zero-order chi connectivity index (χ0) is 9.26. The van der Waals surface area contributed by atoms with Crippen molar-refractivity contribution in [3.8, 4) is 5.75 Å². The summed E-state index contributed by atoms with van der Waals surface area (Å²) in [5.74, 6) is 0.313. The summed E-state index contributed by atoms with van der Waals surface area (Å²) in [6.45, 7) is 3.67. The predicted molar refractivity (Wildman–Crippen MR) is 55.7 cm³/mol. The minimum absolute atomic E-state index is 0. The third-order valence-electron chi connectivity index (χ3n) is 2.10. The normalized spacial score (nSPS) is 9.43. The van der Waals surface area contributed by atoms with Gasteiger partial charge in [0.25, 0.3) is 0 Å². The standard InChI is InChI=1S/C12H10O.Y/c1-2-9-7-10-5-3-4-6-11(10)12(13)8-9;/h2-8,13H,1H2;. The third kappa shape index (κ3) is 2.05. The van der Waals surface area contributed by atoms with E-state index in [1.165, 1.54) is 0 Å². The molecule has 0 aliphatic rings. The van der Waals surface area contributed by atoms with E-state index in [9.17, 15) is 5.11 Å². The fraction of sp³-hybridized carbons (Fsp3) is 0. The molecule has 0 atom stereocenters. The summed E-state index contributed by atoms with van der Waals surface area (Å²) in [7, 11) is 0. The summed E-state index contributed by atoms with van der Waals surface area (Å²) >= 11 is 0. The number of hydrogen-bond donors (Lipinski definition) is 1. The first-order chi connectivity index (χ1) is 6.31. The fourth-order valence-electron chi connectivity index (χ4n) is 1.43. The van der Waals surface area contributed by atoms with Crippen molar-refractivity contribution in [3.63, 3.8) is 0 Å². The Morgan fingerprint density at radius 1 is 1.14 bits per heavy atom. The van der Waals surface area contributed by atoms with E-state index in [1.54, 1.807) is 12.1 Å². The molecule has 0 fully saturated rings. The molecule has 2 aromatic carbocycles. The minimum Gasteiger partial charge on any atom is -0.507 e. The Labute approximate surface area is 108 Å². The van der Waals surface area contributed by atoms with Crippen LogP contribution in [0.5, 0.6) is 5.75 Å². The second-order valence-electron chi connectivity index (χ2n) is 2.97. The van der Waals surface area contributed by atoms with Gasteiger partial charge in [-0.3, -0.25) is 0 Å². The number of benzene rings is 2. The molecule has 0 heterocycles. The molecule has 0 aliphatic heterocycles. The Morgan fingerprint density at radius 2 is 1.86 bits per heavy atom. The van der Waals surface area contributed by atoms with Crippen LogP contribution in [0.1, 0.15) is 5.56 Å². The van der Waals surface area contributed by atoms with E-state index in [0.717, 1.165) is 16.3 Å². The molecule has 1 nitrogen and oxygen atoms in total. The van der Waals surface area contributed by atoms with Crippen molar-refractivity contribution in [1.29, 1.82) is 0 Å². The maximum atomic E-state index is 9.64. The van der Waals surface area contributed by atoms with E-state index >= 15 is 0 Å². The fourth-order valence-corrected chi connectivity index (χ4v) is 1.43. The van der Waals surface area contributed by atoms with Gasteiger partial charge in [0, 0.05) is 38.1 Å². The number of phenolic OH excluding ortho intramolecular Hbond substituents is 1. The first kappa shape index (κ1) is 11.4. The van der Waals surface area contributed by atoms with E-state index in [2.05, 4.69) is 6.58 Å².